The minimum atomic E-state index is -1.26. The van der Waals surface area contributed by atoms with Crippen molar-refractivity contribution in [3.05, 3.63) is 33.0 Å². The van der Waals surface area contributed by atoms with Gasteiger partial charge in [0.25, 0.3) is 0 Å². The van der Waals surface area contributed by atoms with Crippen LogP contribution in [0.25, 0.3) is 0 Å². The Morgan fingerprint density at radius 3 is 2.50 bits per heavy atom. The summed E-state index contributed by atoms with van der Waals surface area (Å²) in [5.74, 6) is -0.713. The highest BCUT2D eigenvalue weighted by atomic mass is 79.9. The second-order valence-corrected chi connectivity index (χ2v) is 4.18. The van der Waals surface area contributed by atoms with Crippen LogP contribution in [0, 0.1) is 5.82 Å². The summed E-state index contributed by atoms with van der Waals surface area (Å²) in [5.41, 5.74) is -0.00630. The molecular formula is C9H9BrClFO2. The van der Waals surface area contributed by atoms with Gasteiger partial charge in [0.1, 0.15) is 11.9 Å². The predicted octanol–water partition coefficient (Wildman–Crippen LogP) is 2.66. The van der Waals surface area contributed by atoms with Crippen LogP contribution in [-0.2, 0) is 0 Å². The van der Waals surface area contributed by atoms with E-state index in [4.69, 9.17) is 16.7 Å². The molecule has 0 amide bonds. The van der Waals surface area contributed by atoms with Crippen molar-refractivity contribution in [2.24, 2.45) is 0 Å². The Labute approximate surface area is 94.5 Å². The fourth-order valence-corrected chi connectivity index (χ4v) is 1.51. The van der Waals surface area contributed by atoms with E-state index in [-0.39, 0.29) is 10.6 Å². The Morgan fingerprint density at radius 1 is 1.43 bits per heavy atom. The molecule has 0 aromatic heterocycles. The van der Waals surface area contributed by atoms with Crippen molar-refractivity contribution in [3.8, 4) is 0 Å². The van der Waals surface area contributed by atoms with Crippen LogP contribution in [0.5, 0.6) is 0 Å². The van der Waals surface area contributed by atoms with Gasteiger partial charge in [-0.15, -0.1) is 0 Å². The van der Waals surface area contributed by atoms with Gasteiger partial charge in [-0.3, -0.25) is 0 Å². The zero-order valence-electron chi connectivity index (χ0n) is 7.34. The molecule has 1 rings (SSSR count). The van der Waals surface area contributed by atoms with E-state index in [9.17, 15) is 9.50 Å². The van der Waals surface area contributed by atoms with E-state index in [1.54, 1.807) is 0 Å². The molecular weight excluding hydrogens is 274 g/mol. The van der Waals surface area contributed by atoms with Gasteiger partial charge in [0.2, 0.25) is 0 Å². The molecule has 0 heterocycles. The first kappa shape index (κ1) is 11.9. The molecule has 14 heavy (non-hydrogen) atoms. The highest BCUT2D eigenvalue weighted by Crippen LogP contribution is 2.31. The standard InChI is InChI=1S/C9H9BrClFO2/c1-4(13)9(14)5-2-3-6(10)7(11)8(5)12/h2-4,9,13-14H,1H3. The second kappa shape index (κ2) is 4.57. The van der Waals surface area contributed by atoms with Crippen LogP contribution < -0.4 is 0 Å². The maximum atomic E-state index is 13.4. The van der Waals surface area contributed by atoms with Crippen LogP contribution in [0.15, 0.2) is 16.6 Å². The summed E-state index contributed by atoms with van der Waals surface area (Å²) < 4.78 is 13.9. The number of aliphatic hydroxyl groups excluding tert-OH is 2. The van der Waals surface area contributed by atoms with Crippen molar-refractivity contribution in [1.82, 2.24) is 0 Å². The molecule has 0 saturated carbocycles. The summed E-state index contributed by atoms with van der Waals surface area (Å²) in [6.07, 6.45) is -2.30. The third kappa shape index (κ3) is 2.25. The SMILES string of the molecule is CC(O)C(O)c1ccc(Br)c(Cl)c1F. The molecule has 1 aromatic rings. The Balaban J connectivity index is 3.17. The zero-order valence-corrected chi connectivity index (χ0v) is 9.68. The minimum Gasteiger partial charge on any atom is -0.390 e. The van der Waals surface area contributed by atoms with Crippen molar-refractivity contribution in [1.29, 1.82) is 0 Å². The van der Waals surface area contributed by atoms with Crippen molar-refractivity contribution in [3.63, 3.8) is 0 Å². The summed E-state index contributed by atoms with van der Waals surface area (Å²) in [6.45, 7) is 1.38. The number of aliphatic hydroxyl groups is 2. The zero-order chi connectivity index (χ0) is 10.9. The Hall–Kier alpha value is -0.160. The second-order valence-electron chi connectivity index (χ2n) is 2.95. The highest BCUT2D eigenvalue weighted by molar-refractivity contribution is 9.10. The van der Waals surface area contributed by atoms with E-state index in [0.29, 0.717) is 4.47 Å². The summed E-state index contributed by atoms with van der Waals surface area (Å²) in [4.78, 5) is 0. The van der Waals surface area contributed by atoms with Crippen molar-refractivity contribution >= 4 is 27.5 Å². The summed E-state index contributed by atoms with van der Waals surface area (Å²) in [5, 5.41) is 18.4. The fraction of sp³-hybridized carbons (Fsp3) is 0.333. The molecule has 0 radical (unpaired) electrons. The largest absolute Gasteiger partial charge is 0.390 e. The summed E-state index contributed by atoms with van der Waals surface area (Å²) >= 11 is 8.67. The smallest absolute Gasteiger partial charge is 0.148 e. The molecule has 2 nitrogen and oxygen atoms in total. The van der Waals surface area contributed by atoms with E-state index in [1.165, 1.54) is 19.1 Å². The first-order chi connectivity index (χ1) is 6.45. The lowest BCUT2D eigenvalue weighted by atomic mass is 10.1. The molecule has 2 unspecified atom stereocenters. The van der Waals surface area contributed by atoms with Crippen LogP contribution >= 0.6 is 27.5 Å². The third-order valence-corrected chi connectivity index (χ3v) is 3.10. The number of hydrogen-bond acceptors (Lipinski definition) is 2. The Bertz CT molecular complexity index is 344. The number of benzene rings is 1. The van der Waals surface area contributed by atoms with Gasteiger partial charge in [-0.25, -0.2) is 4.39 Å². The van der Waals surface area contributed by atoms with Gasteiger partial charge in [-0.1, -0.05) is 17.7 Å². The molecule has 1 aromatic carbocycles. The van der Waals surface area contributed by atoms with Gasteiger partial charge in [0, 0.05) is 10.0 Å². The van der Waals surface area contributed by atoms with Crippen molar-refractivity contribution < 1.29 is 14.6 Å². The molecule has 2 atom stereocenters. The van der Waals surface area contributed by atoms with Crippen molar-refractivity contribution in [2.75, 3.05) is 0 Å². The normalized spacial score (nSPS) is 15.3. The Kier molecular flexibility index (Phi) is 3.89. The van der Waals surface area contributed by atoms with Crippen LogP contribution in [0.4, 0.5) is 4.39 Å². The van der Waals surface area contributed by atoms with E-state index in [1.807, 2.05) is 0 Å². The molecule has 0 aliphatic rings. The van der Waals surface area contributed by atoms with Crippen LogP contribution in [0.1, 0.15) is 18.6 Å². The number of rotatable bonds is 2. The molecule has 0 bridgehead atoms. The maximum absolute atomic E-state index is 13.4. The average Bonchev–Trinajstić information content (AvgIpc) is 2.13. The van der Waals surface area contributed by atoms with E-state index in [2.05, 4.69) is 15.9 Å². The topological polar surface area (TPSA) is 40.5 Å². The molecule has 2 N–H and O–H groups in total. The van der Waals surface area contributed by atoms with E-state index >= 15 is 0 Å². The van der Waals surface area contributed by atoms with Gasteiger partial charge >= 0.3 is 0 Å². The van der Waals surface area contributed by atoms with Gasteiger partial charge in [0.05, 0.1) is 11.1 Å². The van der Waals surface area contributed by atoms with E-state index < -0.39 is 18.0 Å². The minimum absolute atomic E-state index is 0.00630. The maximum Gasteiger partial charge on any atom is 0.148 e. The fourth-order valence-electron chi connectivity index (χ4n) is 1.03. The monoisotopic (exact) mass is 282 g/mol. The van der Waals surface area contributed by atoms with Crippen LogP contribution in [0.2, 0.25) is 5.02 Å². The molecule has 0 spiro atoms. The molecule has 0 saturated heterocycles. The van der Waals surface area contributed by atoms with Gasteiger partial charge < -0.3 is 10.2 Å². The number of halogens is 3. The first-order valence-corrected chi connectivity index (χ1v) is 5.11. The van der Waals surface area contributed by atoms with Crippen molar-refractivity contribution in [2.45, 2.75) is 19.1 Å². The Morgan fingerprint density at radius 2 is 2.00 bits per heavy atom. The lowest BCUT2D eigenvalue weighted by Gasteiger charge is -2.15. The van der Waals surface area contributed by atoms with Crippen LogP contribution in [-0.4, -0.2) is 16.3 Å². The highest BCUT2D eigenvalue weighted by Gasteiger charge is 2.20. The molecule has 0 aliphatic heterocycles. The van der Waals surface area contributed by atoms with E-state index in [0.717, 1.165) is 0 Å². The predicted molar refractivity (Wildman–Crippen MR) is 55.8 cm³/mol. The molecule has 0 fully saturated rings. The molecule has 5 heteroatoms. The molecule has 0 aliphatic carbocycles. The summed E-state index contributed by atoms with van der Waals surface area (Å²) in [6, 6.07) is 2.90. The van der Waals surface area contributed by atoms with Gasteiger partial charge in [-0.05, 0) is 28.9 Å². The quantitative estimate of drug-likeness (QED) is 0.819. The molecule has 78 valence electrons. The van der Waals surface area contributed by atoms with Crippen LogP contribution in [0.3, 0.4) is 0 Å². The summed E-state index contributed by atoms with van der Waals surface area (Å²) in [7, 11) is 0. The number of hydrogen-bond donors (Lipinski definition) is 2. The lowest BCUT2D eigenvalue weighted by molar-refractivity contribution is 0.0283. The third-order valence-electron chi connectivity index (χ3n) is 1.84. The van der Waals surface area contributed by atoms with Gasteiger partial charge in [0.15, 0.2) is 0 Å². The average molecular weight is 284 g/mol. The van der Waals surface area contributed by atoms with Gasteiger partial charge in [-0.2, -0.15) is 0 Å². The first-order valence-electron chi connectivity index (χ1n) is 3.94. The lowest BCUT2D eigenvalue weighted by Crippen LogP contribution is -2.15.